The van der Waals surface area contributed by atoms with E-state index in [1.54, 1.807) is 0 Å². The molecule has 0 unspecified atom stereocenters. The van der Waals surface area contributed by atoms with Crippen LogP contribution in [-0.4, -0.2) is 11.9 Å². The van der Waals surface area contributed by atoms with E-state index >= 15 is 0 Å². The van der Waals surface area contributed by atoms with Crippen LogP contribution >= 0.6 is 0 Å². The van der Waals surface area contributed by atoms with Gasteiger partial charge in [-0.05, 0) is 34.2 Å². The van der Waals surface area contributed by atoms with E-state index in [4.69, 9.17) is 0 Å². The summed E-state index contributed by atoms with van der Waals surface area (Å²) in [6.07, 6.45) is -0.270. The topological polar surface area (TPSA) is 69.2 Å². The number of amides is 1. The SMILES string of the molecule is CC(C)(C)c1ccc([C@H](CC(=O)[O-])NC(=O)Cc2ccc(F)cc2)cc1. The van der Waals surface area contributed by atoms with Gasteiger partial charge in [-0.15, -0.1) is 0 Å². The molecule has 0 bridgehead atoms. The fourth-order valence-electron chi connectivity index (χ4n) is 2.67. The second-order valence-corrected chi connectivity index (χ2v) is 7.37. The molecule has 2 rings (SSSR count). The van der Waals surface area contributed by atoms with Gasteiger partial charge in [0.05, 0.1) is 12.5 Å². The Bertz CT molecular complexity index is 761. The summed E-state index contributed by atoms with van der Waals surface area (Å²) in [7, 11) is 0. The molecule has 1 N–H and O–H groups in total. The van der Waals surface area contributed by atoms with Crippen molar-refractivity contribution in [3.05, 3.63) is 71.0 Å². The second-order valence-electron chi connectivity index (χ2n) is 7.37. The zero-order valence-corrected chi connectivity index (χ0v) is 15.2. The number of rotatable bonds is 6. The number of halogens is 1. The van der Waals surface area contributed by atoms with E-state index in [9.17, 15) is 19.1 Å². The van der Waals surface area contributed by atoms with Gasteiger partial charge in [-0.25, -0.2) is 4.39 Å². The van der Waals surface area contributed by atoms with E-state index in [-0.39, 0.29) is 30.0 Å². The van der Waals surface area contributed by atoms with Crippen molar-refractivity contribution < 1.29 is 19.1 Å². The van der Waals surface area contributed by atoms with E-state index in [1.807, 2.05) is 24.3 Å². The van der Waals surface area contributed by atoms with Crippen LogP contribution in [0.1, 0.15) is 49.9 Å². The molecule has 4 nitrogen and oxygen atoms in total. The smallest absolute Gasteiger partial charge is 0.224 e. The van der Waals surface area contributed by atoms with Crippen molar-refractivity contribution in [3.8, 4) is 0 Å². The van der Waals surface area contributed by atoms with Crippen molar-refractivity contribution in [1.29, 1.82) is 0 Å². The highest BCUT2D eigenvalue weighted by molar-refractivity contribution is 5.79. The highest BCUT2D eigenvalue weighted by Crippen LogP contribution is 2.25. The van der Waals surface area contributed by atoms with Gasteiger partial charge >= 0.3 is 0 Å². The van der Waals surface area contributed by atoms with Gasteiger partial charge in [0.15, 0.2) is 0 Å². The molecule has 0 aliphatic carbocycles. The summed E-state index contributed by atoms with van der Waals surface area (Å²) in [5.74, 6) is -1.94. The van der Waals surface area contributed by atoms with Crippen molar-refractivity contribution in [3.63, 3.8) is 0 Å². The Balaban J connectivity index is 2.12. The summed E-state index contributed by atoms with van der Waals surface area (Å²) in [4.78, 5) is 23.4. The molecule has 26 heavy (non-hydrogen) atoms. The Morgan fingerprint density at radius 2 is 1.62 bits per heavy atom. The first-order valence-electron chi connectivity index (χ1n) is 8.49. The first kappa shape index (κ1) is 19.6. The van der Waals surface area contributed by atoms with E-state index in [0.29, 0.717) is 11.1 Å². The molecule has 2 aromatic rings. The summed E-state index contributed by atoms with van der Waals surface area (Å²) >= 11 is 0. The van der Waals surface area contributed by atoms with Crippen LogP contribution in [0.2, 0.25) is 0 Å². The summed E-state index contributed by atoms with van der Waals surface area (Å²) in [6.45, 7) is 6.27. The maximum atomic E-state index is 12.9. The lowest BCUT2D eigenvalue weighted by Crippen LogP contribution is -2.35. The van der Waals surface area contributed by atoms with Crippen LogP contribution in [0.5, 0.6) is 0 Å². The van der Waals surface area contributed by atoms with Crippen LogP contribution in [0.3, 0.4) is 0 Å². The number of hydrogen-bond acceptors (Lipinski definition) is 3. The number of nitrogens with one attached hydrogen (secondary N) is 1. The average Bonchev–Trinajstić information content (AvgIpc) is 2.55. The minimum atomic E-state index is -1.24. The fraction of sp³-hybridized carbons (Fsp3) is 0.333. The van der Waals surface area contributed by atoms with Gasteiger partial charge < -0.3 is 15.2 Å². The number of aliphatic carboxylic acids is 1. The van der Waals surface area contributed by atoms with Gasteiger partial charge in [0.2, 0.25) is 5.91 Å². The van der Waals surface area contributed by atoms with E-state index in [1.165, 1.54) is 24.3 Å². The van der Waals surface area contributed by atoms with Crippen molar-refractivity contribution in [2.75, 3.05) is 0 Å². The maximum absolute atomic E-state index is 12.9. The summed E-state index contributed by atoms with van der Waals surface area (Å²) in [5.41, 5.74) is 2.45. The molecule has 0 heterocycles. The van der Waals surface area contributed by atoms with Crippen molar-refractivity contribution >= 4 is 11.9 Å². The number of carboxylic acids is 1. The summed E-state index contributed by atoms with van der Waals surface area (Å²) in [5, 5.41) is 13.8. The van der Waals surface area contributed by atoms with Crippen LogP contribution in [0.4, 0.5) is 4.39 Å². The molecule has 0 aromatic heterocycles. The highest BCUT2D eigenvalue weighted by Gasteiger charge is 2.18. The Kier molecular flexibility index (Phi) is 6.14. The molecule has 138 valence electrons. The third-order valence-corrected chi connectivity index (χ3v) is 4.16. The first-order valence-corrected chi connectivity index (χ1v) is 8.49. The van der Waals surface area contributed by atoms with E-state index in [2.05, 4.69) is 26.1 Å². The molecule has 0 aliphatic rings. The van der Waals surface area contributed by atoms with Crippen molar-refractivity contribution in [2.24, 2.45) is 0 Å². The lowest BCUT2D eigenvalue weighted by atomic mass is 9.86. The monoisotopic (exact) mass is 356 g/mol. The molecule has 0 radical (unpaired) electrons. The van der Waals surface area contributed by atoms with Crippen molar-refractivity contribution in [1.82, 2.24) is 5.32 Å². The minimum absolute atomic E-state index is 0.0196. The zero-order chi connectivity index (χ0) is 19.3. The Morgan fingerprint density at radius 3 is 2.12 bits per heavy atom. The minimum Gasteiger partial charge on any atom is -0.550 e. The van der Waals surface area contributed by atoms with Gasteiger partial charge in [0.1, 0.15) is 5.82 Å². The predicted octanol–water partition coefficient (Wildman–Crippen LogP) is 2.66. The molecule has 2 aromatic carbocycles. The van der Waals surface area contributed by atoms with Crippen LogP contribution < -0.4 is 10.4 Å². The maximum Gasteiger partial charge on any atom is 0.224 e. The third kappa shape index (κ3) is 5.69. The fourth-order valence-corrected chi connectivity index (χ4v) is 2.67. The van der Waals surface area contributed by atoms with Gasteiger partial charge in [-0.1, -0.05) is 57.2 Å². The number of hydrogen-bond donors (Lipinski definition) is 1. The molecular formula is C21H23FNO3-. The summed E-state index contributed by atoms with van der Waals surface area (Å²) in [6, 6.07) is 12.5. The Morgan fingerprint density at radius 1 is 1.04 bits per heavy atom. The summed E-state index contributed by atoms with van der Waals surface area (Å²) < 4.78 is 12.9. The molecule has 1 amide bonds. The third-order valence-electron chi connectivity index (χ3n) is 4.16. The molecular weight excluding hydrogens is 333 g/mol. The zero-order valence-electron chi connectivity index (χ0n) is 15.2. The normalized spacial score (nSPS) is 12.5. The second kappa shape index (κ2) is 8.13. The van der Waals surface area contributed by atoms with Crippen LogP contribution in [0.15, 0.2) is 48.5 Å². The van der Waals surface area contributed by atoms with Crippen LogP contribution in [0.25, 0.3) is 0 Å². The largest absolute Gasteiger partial charge is 0.550 e. The lowest BCUT2D eigenvalue weighted by Gasteiger charge is -2.23. The molecule has 0 saturated heterocycles. The number of carbonyl (C=O) groups is 2. The molecule has 0 saturated carbocycles. The molecule has 1 atom stereocenters. The standard InChI is InChI=1S/C21H24FNO3/c1-21(2,3)16-8-6-15(7-9-16)18(13-20(25)26)23-19(24)12-14-4-10-17(22)11-5-14/h4-11,18H,12-13H2,1-3H3,(H,23,24)(H,25,26)/p-1/t18-/m0/s1. The highest BCUT2D eigenvalue weighted by atomic mass is 19.1. The van der Waals surface area contributed by atoms with Gasteiger partial charge in [0, 0.05) is 12.4 Å². The molecule has 0 fully saturated rings. The van der Waals surface area contributed by atoms with Gasteiger partial charge in [-0.2, -0.15) is 0 Å². The Labute approximate surface area is 153 Å². The number of carboxylic acid groups (broad SMARTS) is 1. The van der Waals surface area contributed by atoms with Crippen LogP contribution in [-0.2, 0) is 21.4 Å². The predicted molar refractivity (Wildman–Crippen MR) is 95.8 cm³/mol. The quantitative estimate of drug-likeness (QED) is 0.865. The van der Waals surface area contributed by atoms with Gasteiger partial charge in [0.25, 0.3) is 0 Å². The first-order chi connectivity index (χ1) is 12.1. The molecule has 0 spiro atoms. The van der Waals surface area contributed by atoms with Crippen LogP contribution in [0, 0.1) is 5.82 Å². The average molecular weight is 356 g/mol. The number of benzene rings is 2. The number of carbonyl (C=O) groups excluding carboxylic acids is 2. The Hall–Kier alpha value is -2.69. The molecule has 0 aliphatic heterocycles. The molecule has 5 heteroatoms. The van der Waals surface area contributed by atoms with E-state index in [0.717, 1.165) is 5.56 Å². The van der Waals surface area contributed by atoms with E-state index < -0.39 is 12.0 Å². The lowest BCUT2D eigenvalue weighted by molar-refractivity contribution is -0.306. The van der Waals surface area contributed by atoms with Crippen molar-refractivity contribution in [2.45, 2.75) is 45.1 Å². The van der Waals surface area contributed by atoms with Gasteiger partial charge in [-0.3, -0.25) is 4.79 Å².